The van der Waals surface area contributed by atoms with E-state index in [0.29, 0.717) is 12.3 Å². The minimum absolute atomic E-state index is 0.0382. The second-order valence-corrected chi connectivity index (χ2v) is 8.85. The molecule has 4 aromatic rings. The smallest absolute Gasteiger partial charge is 0.233 e. The number of nitrogens with zero attached hydrogens (tertiary/aromatic N) is 1. The van der Waals surface area contributed by atoms with E-state index in [9.17, 15) is 4.79 Å². The molecule has 5 nitrogen and oxygen atoms in total. The van der Waals surface area contributed by atoms with Gasteiger partial charge in [-0.3, -0.25) is 4.79 Å². The molecule has 0 aliphatic rings. The number of ether oxygens (including phenoxy) is 1. The van der Waals surface area contributed by atoms with Crippen molar-refractivity contribution in [2.45, 2.75) is 23.6 Å². The number of thiazole rings is 1. The van der Waals surface area contributed by atoms with Gasteiger partial charge in [-0.25, -0.2) is 4.98 Å². The molecule has 0 saturated heterocycles. The number of nitrogens with one attached hydrogen (secondary N) is 1. The molecule has 2 heterocycles. The first-order valence-electron chi connectivity index (χ1n) is 9.15. The number of amides is 1. The van der Waals surface area contributed by atoms with E-state index in [1.165, 1.54) is 11.8 Å². The topological polar surface area (TPSA) is 64.4 Å². The fourth-order valence-corrected chi connectivity index (χ4v) is 4.61. The number of fused-ring (bicyclic) bond motifs is 1. The van der Waals surface area contributed by atoms with Crippen LogP contribution in [0.1, 0.15) is 12.7 Å². The normalized spacial score (nSPS) is 12.1. The molecule has 0 bridgehead atoms. The molecule has 148 valence electrons. The maximum atomic E-state index is 12.4. The van der Waals surface area contributed by atoms with Gasteiger partial charge in [0.05, 0.1) is 29.1 Å². The van der Waals surface area contributed by atoms with Gasteiger partial charge in [0, 0.05) is 4.90 Å². The summed E-state index contributed by atoms with van der Waals surface area (Å²) >= 11 is 3.10. The molecule has 0 spiro atoms. The Morgan fingerprint density at radius 2 is 1.97 bits per heavy atom. The zero-order chi connectivity index (χ0) is 20.2. The lowest BCUT2D eigenvalue weighted by Gasteiger charge is -2.11. The van der Waals surface area contributed by atoms with Crippen molar-refractivity contribution >= 4 is 39.2 Å². The fraction of sp³-hybridized carbons (Fsp3) is 0.182. The summed E-state index contributed by atoms with van der Waals surface area (Å²) in [6, 6.07) is 19.5. The van der Waals surface area contributed by atoms with Crippen molar-refractivity contribution in [1.29, 1.82) is 0 Å². The van der Waals surface area contributed by atoms with Crippen LogP contribution < -0.4 is 10.1 Å². The third-order valence-electron chi connectivity index (χ3n) is 4.34. The molecule has 1 amide bonds. The summed E-state index contributed by atoms with van der Waals surface area (Å²) < 4.78 is 12.2. The molecular weight excluding hydrogens is 404 g/mol. The van der Waals surface area contributed by atoms with E-state index in [1.807, 2.05) is 67.6 Å². The predicted molar refractivity (Wildman–Crippen MR) is 117 cm³/mol. The van der Waals surface area contributed by atoms with Crippen molar-refractivity contribution in [3.8, 4) is 16.5 Å². The molecule has 0 fully saturated rings. The van der Waals surface area contributed by atoms with Gasteiger partial charge in [-0.05, 0) is 55.5 Å². The maximum absolute atomic E-state index is 12.4. The standard InChI is InChI=1S/C22H20N2O3S2/c1-14(28-17-10-7-15(26-2)8-11-17)21(25)23-13-16-9-12-19(27-16)22-24-18-5-3-4-6-20(18)29-22/h3-12,14H,13H2,1-2H3,(H,23,25). The number of furan rings is 1. The van der Waals surface area contributed by atoms with E-state index in [-0.39, 0.29) is 11.2 Å². The van der Waals surface area contributed by atoms with Crippen LogP contribution in [0.3, 0.4) is 0 Å². The van der Waals surface area contributed by atoms with E-state index in [2.05, 4.69) is 10.3 Å². The van der Waals surface area contributed by atoms with Crippen molar-refractivity contribution in [3.63, 3.8) is 0 Å². The molecular formula is C22H20N2O3S2. The van der Waals surface area contributed by atoms with Gasteiger partial charge in [-0.15, -0.1) is 23.1 Å². The molecule has 7 heteroatoms. The molecule has 1 N–H and O–H groups in total. The highest BCUT2D eigenvalue weighted by atomic mass is 32.2. The minimum Gasteiger partial charge on any atom is -0.497 e. The Bertz CT molecular complexity index is 1090. The van der Waals surface area contributed by atoms with Crippen LogP contribution in [0.5, 0.6) is 5.75 Å². The van der Waals surface area contributed by atoms with E-state index < -0.39 is 0 Å². The quantitative estimate of drug-likeness (QED) is 0.405. The number of rotatable bonds is 7. The third kappa shape index (κ3) is 4.63. The summed E-state index contributed by atoms with van der Waals surface area (Å²) in [5, 5.41) is 3.56. The van der Waals surface area contributed by atoms with Gasteiger partial charge in [0.15, 0.2) is 10.8 Å². The van der Waals surface area contributed by atoms with Gasteiger partial charge in [0.1, 0.15) is 11.5 Å². The van der Waals surface area contributed by atoms with Crippen LogP contribution in [-0.4, -0.2) is 23.3 Å². The van der Waals surface area contributed by atoms with Gasteiger partial charge in [-0.1, -0.05) is 12.1 Å². The number of carbonyl (C=O) groups excluding carboxylic acids is 1. The molecule has 1 unspecified atom stereocenters. The van der Waals surface area contributed by atoms with Gasteiger partial charge in [0.25, 0.3) is 0 Å². The molecule has 0 radical (unpaired) electrons. The number of carbonyl (C=O) groups is 1. The lowest BCUT2D eigenvalue weighted by Crippen LogP contribution is -2.30. The van der Waals surface area contributed by atoms with Crippen molar-refractivity contribution in [2.24, 2.45) is 0 Å². The summed E-state index contributed by atoms with van der Waals surface area (Å²) in [4.78, 5) is 18.1. The van der Waals surface area contributed by atoms with Crippen LogP contribution in [0.2, 0.25) is 0 Å². The van der Waals surface area contributed by atoms with Gasteiger partial charge in [-0.2, -0.15) is 0 Å². The predicted octanol–water partition coefficient (Wildman–Crippen LogP) is 5.36. The van der Waals surface area contributed by atoms with Crippen LogP contribution in [0.15, 0.2) is 70.0 Å². The van der Waals surface area contributed by atoms with Crippen molar-refractivity contribution in [3.05, 3.63) is 66.4 Å². The Labute approximate surface area is 177 Å². The summed E-state index contributed by atoms with van der Waals surface area (Å²) in [7, 11) is 1.63. The summed E-state index contributed by atoms with van der Waals surface area (Å²) in [6.07, 6.45) is 0. The highest BCUT2D eigenvalue weighted by molar-refractivity contribution is 8.00. The Morgan fingerprint density at radius 1 is 1.17 bits per heavy atom. The Hall–Kier alpha value is -2.77. The van der Waals surface area contributed by atoms with Crippen molar-refractivity contribution in [2.75, 3.05) is 7.11 Å². The van der Waals surface area contributed by atoms with Gasteiger partial charge < -0.3 is 14.5 Å². The number of hydrogen-bond acceptors (Lipinski definition) is 6. The van der Waals surface area contributed by atoms with Crippen LogP contribution in [0.25, 0.3) is 21.0 Å². The molecule has 1 atom stereocenters. The van der Waals surface area contributed by atoms with Gasteiger partial charge in [0.2, 0.25) is 5.91 Å². The number of thioether (sulfide) groups is 1. The Morgan fingerprint density at radius 3 is 2.72 bits per heavy atom. The first-order valence-corrected chi connectivity index (χ1v) is 10.8. The van der Waals surface area contributed by atoms with Crippen molar-refractivity contribution in [1.82, 2.24) is 10.3 Å². The molecule has 29 heavy (non-hydrogen) atoms. The highest BCUT2D eigenvalue weighted by Crippen LogP contribution is 2.31. The largest absolute Gasteiger partial charge is 0.497 e. The summed E-state index contributed by atoms with van der Waals surface area (Å²) in [5.41, 5.74) is 0.961. The number of aromatic nitrogens is 1. The zero-order valence-corrected chi connectivity index (χ0v) is 17.7. The number of para-hydroxylation sites is 1. The second kappa shape index (κ2) is 8.71. The van der Waals surface area contributed by atoms with Crippen molar-refractivity contribution < 1.29 is 13.9 Å². The third-order valence-corrected chi connectivity index (χ3v) is 6.51. The van der Waals surface area contributed by atoms with E-state index in [4.69, 9.17) is 9.15 Å². The maximum Gasteiger partial charge on any atom is 0.233 e. The van der Waals surface area contributed by atoms with Gasteiger partial charge >= 0.3 is 0 Å². The number of hydrogen-bond donors (Lipinski definition) is 1. The van der Waals surface area contributed by atoms with Crippen LogP contribution in [0.4, 0.5) is 0 Å². The highest BCUT2D eigenvalue weighted by Gasteiger charge is 2.16. The minimum atomic E-state index is -0.220. The van der Waals surface area contributed by atoms with E-state index in [0.717, 1.165) is 31.6 Å². The SMILES string of the molecule is COc1ccc(SC(C)C(=O)NCc2ccc(-c3nc4ccccc4s3)o2)cc1. The first kappa shape index (κ1) is 19.5. The van der Waals surface area contributed by atoms with Crippen LogP contribution >= 0.6 is 23.1 Å². The average molecular weight is 425 g/mol. The fourth-order valence-electron chi connectivity index (χ4n) is 2.80. The average Bonchev–Trinajstić information content (AvgIpc) is 3.39. The summed E-state index contributed by atoms with van der Waals surface area (Å²) in [5.74, 6) is 2.18. The molecule has 0 saturated carbocycles. The molecule has 0 aliphatic carbocycles. The van der Waals surface area contributed by atoms with E-state index >= 15 is 0 Å². The van der Waals surface area contributed by atoms with Crippen LogP contribution in [0, 0.1) is 0 Å². The van der Waals surface area contributed by atoms with Crippen LogP contribution in [-0.2, 0) is 11.3 Å². The summed E-state index contributed by atoms with van der Waals surface area (Å²) in [6.45, 7) is 2.23. The molecule has 4 rings (SSSR count). The monoisotopic (exact) mass is 424 g/mol. The molecule has 2 aromatic carbocycles. The Kier molecular flexibility index (Phi) is 5.87. The second-order valence-electron chi connectivity index (χ2n) is 6.41. The molecule has 2 aromatic heterocycles. The Balaban J connectivity index is 1.34. The number of benzene rings is 2. The zero-order valence-electron chi connectivity index (χ0n) is 16.0. The molecule has 0 aliphatic heterocycles. The van der Waals surface area contributed by atoms with E-state index in [1.54, 1.807) is 18.4 Å². The first-order chi connectivity index (χ1) is 14.1. The lowest BCUT2D eigenvalue weighted by molar-refractivity contribution is -0.120. The number of methoxy groups -OCH3 is 1. The lowest BCUT2D eigenvalue weighted by atomic mass is 10.3.